The highest BCUT2D eigenvalue weighted by Crippen LogP contribution is 2.44. The first-order valence-electron chi connectivity index (χ1n) is 5.36. The smallest absolute Gasteiger partial charge is 0.314 e. The van der Waals surface area contributed by atoms with E-state index in [0.29, 0.717) is 12.8 Å². The minimum Gasteiger partial charge on any atom is -0.481 e. The minimum atomic E-state index is -1.16. The maximum absolute atomic E-state index is 13.2. The highest BCUT2D eigenvalue weighted by atomic mass is 35.5. The van der Waals surface area contributed by atoms with Gasteiger partial charge in [0.15, 0.2) is 11.6 Å². The second kappa shape index (κ2) is 4.26. The molecule has 0 heterocycles. The fourth-order valence-corrected chi connectivity index (χ4v) is 2.80. The highest BCUT2D eigenvalue weighted by Gasteiger charge is 2.44. The quantitative estimate of drug-likeness (QED) is 0.826. The van der Waals surface area contributed by atoms with Gasteiger partial charge in [-0.05, 0) is 30.5 Å². The molecule has 0 atom stereocenters. The van der Waals surface area contributed by atoms with Gasteiger partial charge in [-0.3, -0.25) is 4.79 Å². The fourth-order valence-electron chi connectivity index (χ4n) is 2.47. The number of carboxylic acid groups (broad SMARTS) is 1. The van der Waals surface area contributed by atoms with Crippen LogP contribution in [0.25, 0.3) is 0 Å². The Balaban J connectivity index is 2.58. The van der Waals surface area contributed by atoms with Gasteiger partial charge in [0.2, 0.25) is 0 Å². The molecule has 1 aliphatic carbocycles. The third-order valence-electron chi connectivity index (χ3n) is 3.39. The fraction of sp³-hybridized carbons (Fsp3) is 0.417. The molecule has 1 aromatic rings. The second-order valence-electron chi connectivity index (χ2n) is 4.34. The van der Waals surface area contributed by atoms with E-state index in [4.69, 9.17) is 11.6 Å². The Labute approximate surface area is 102 Å². The number of benzene rings is 1. The van der Waals surface area contributed by atoms with Gasteiger partial charge < -0.3 is 5.11 Å². The van der Waals surface area contributed by atoms with Crippen molar-refractivity contribution in [2.45, 2.75) is 31.1 Å². The largest absolute Gasteiger partial charge is 0.481 e. The van der Waals surface area contributed by atoms with Crippen molar-refractivity contribution >= 4 is 17.6 Å². The lowest BCUT2D eigenvalue weighted by atomic mass is 9.79. The van der Waals surface area contributed by atoms with Crippen LogP contribution in [0.3, 0.4) is 0 Å². The van der Waals surface area contributed by atoms with Crippen LogP contribution in [0.15, 0.2) is 12.1 Å². The number of hydrogen-bond donors (Lipinski definition) is 1. The van der Waals surface area contributed by atoms with Crippen LogP contribution in [-0.2, 0) is 10.2 Å². The standard InChI is InChI=1S/C12H11ClF2O2/c13-8-6-10(15)9(14)5-7(8)12(11(16)17)3-1-2-4-12/h5-6H,1-4H2,(H,16,17). The molecule has 0 spiro atoms. The number of halogens is 3. The first-order chi connectivity index (χ1) is 7.97. The van der Waals surface area contributed by atoms with E-state index in [0.717, 1.165) is 25.0 Å². The van der Waals surface area contributed by atoms with Crippen LogP contribution in [0.2, 0.25) is 5.02 Å². The van der Waals surface area contributed by atoms with Crippen molar-refractivity contribution in [1.29, 1.82) is 0 Å². The van der Waals surface area contributed by atoms with Crippen LogP contribution in [0, 0.1) is 11.6 Å². The highest BCUT2D eigenvalue weighted by molar-refractivity contribution is 6.31. The van der Waals surface area contributed by atoms with Crippen molar-refractivity contribution in [2.24, 2.45) is 0 Å². The third kappa shape index (κ3) is 1.90. The molecule has 0 aliphatic heterocycles. The van der Waals surface area contributed by atoms with Crippen molar-refractivity contribution in [2.75, 3.05) is 0 Å². The molecule has 92 valence electrons. The number of rotatable bonds is 2. The van der Waals surface area contributed by atoms with E-state index in [1.165, 1.54) is 0 Å². The molecule has 17 heavy (non-hydrogen) atoms. The minimum absolute atomic E-state index is 0.0202. The predicted molar refractivity (Wildman–Crippen MR) is 59.1 cm³/mol. The van der Waals surface area contributed by atoms with Crippen LogP contribution < -0.4 is 0 Å². The lowest BCUT2D eigenvalue weighted by molar-refractivity contribution is -0.143. The van der Waals surface area contributed by atoms with Crippen molar-refractivity contribution in [3.8, 4) is 0 Å². The molecule has 0 radical (unpaired) electrons. The molecule has 1 aromatic carbocycles. The normalized spacial score (nSPS) is 18.3. The van der Waals surface area contributed by atoms with Crippen LogP contribution >= 0.6 is 11.6 Å². The van der Waals surface area contributed by atoms with Crippen molar-refractivity contribution < 1.29 is 18.7 Å². The monoisotopic (exact) mass is 260 g/mol. The summed E-state index contributed by atoms with van der Waals surface area (Å²) >= 11 is 5.85. The molecule has 0 saturated heterocycles. The molecule has 0 bridgehead atoms. The predicted octanol–water partition coefficient (Wildman–Crippen LogP) is 3.51. The Hall–Kier alpha value is -1.16. The van der Waals surface area contributed by atoms with Crippen molar-refractivity contribution in [3.63, 3.8) is 0 Å². The lowest BCUT2D eigenvalue weighted by Gasteiger charge is -2.25. The van der Waals surface area contributed by atoms with Crippen molar-refractivity contribution in [1.82, 2.24) is 0 Å². The summed E-state index contributed by atoms with van der Waals surface area (Å²) in [5, 5.41) is 9.31. The Kier molecular flexibility index (Phi) is 3.08. The average molecular weight is 261 g/mol. The van der Waals surface area contributed by atoms with Gasteiger partial charge in [0, 0.05) is 5.02 Å². The Morgan fingerprint density at radius 1 is 1.24 bits per heavy atom. The molecule has 5 heteroatoms. The maximum atomic E-state index is 13.2. The molecule has 0 aromatic heterocycles. The van der Waals surface area contributed by atoms with Gasteiger partial charge in [-0.15, -0.1) is 0 Å². The van der Waals surface area contributed by atoms with Gasteiger partial charge in [-0.1, -0.05) is 24.4 Å². The average Bonchev–Trinajstić information content (AvgIpc) is 2.73. The zero-order chi connectivity index (χ0) is 12.6. The van der Waals surface area contributed by atoms with Gasteiger partial charge in [-0.25, -0.2) is 8.78 Å². The molecule has 1 aliphatic rings. The van der Waals surface area contributed by atoms with E-state index in [1.54, 1.807) is 0 Å². The number of hydrogen-bond acceptors (Lipinski definition) is 1. The zero-order valence-electron chi connectivity index (χ0n) is 8.97. The van der Waals surface area contributed by atoms with Gasteiger partial charge in [-0.2, -0.15) is 0 Å². The molecule has 1 N–H and O–H groups in total. The summed E-state index contributed by atoms with van der Waals surface area (Å²) in [5.74, 6) is -3.14. The van der Waals surface area contributed by atoms with E-state index in [9.17, 15) is 18.7 Å². The summed E-state index contributed by atoms with van der Waals surface area (Å²) in [6.45, 7) is 0. The van der Waals surface area contributed by atoms with E-state index >= 15 is 0 Å². The van der Waals surface area contributed by atoms with Crippen molar-refractivity contribution in [3.05, 3.63) is 34.4 Å². The summed E-state index contributed by atoms with van der Waals surface area (Å²) < 4.78 is 26.2. The Morgan fingerprint density at radius 3 is 2.29 bits per heavy atom. The number of aliphatic carboxylic acids is 1. The molecule has 1 saturated carbocycles. The summed E-state index contributed by atoms with van der Waals surface area (Å²) in [7, 11) is 0. The van der Waals surface area contributed by atoms with Crippen LogP contribution in [0.5, 0.6) is 0 Å². The molecule has 1 fully saturated rings. The van der Waals surface area contributed by atoms with Crippen LogP contribution in [-0.4, -0.2) is 11.1 Å². The first-order valence-corrected chi connectivity index (χ1v) is 5.73. The lowest BCUT2D eigenvalue weighted by Crippen LogP contribution is -2.33. The van der Waals surface area contributed by atoms with Gasteiger partial charge >= 0.3 is 5.97 Å². The third-order valence-corrected chi connectivity index (χ3v) is 3.70. The van der Waals surface area contributed by atoms with E-state index in [-0.39, 0.29) is 10.6 Å². The number of carbonyl (C=O) groups is 1. The van der Waals surface area contributed by atoms with E-state index in [1.807, 2.05) is 0 Å². The molecule has 2 nitrogen and oxygen atoms in total. The Bertz CT molecular complexity index is 468. The van der Waals surface area contributed by atoms with Gasteiger partial charge in [0.05, 0.1) is 5.41 Å². The summed E-state index contributed by atoms with van der Waals surface area (Å²) in [6.07, 6.45) is 2.32. The van der Waals surface area contributed by atoms with Crippen LogP contribution in [0.1, 0.15) is 31.2 Å². The summed E-state index contributed by atoms with van der Waals surface area (Å²) in [4.78, 5) is 11.4. The topological polar surface area (TPSA) is 37.3 Å². The SMILES string of the molecule is O=C(O)C1(c2cc(F)c(F)cc2Cl)CCCC1. The summed E-state index contributed by atoms with van der Waals surface area (Å²) in [6, 6.07) is 1.76. The summed E-state index contributed by atoms with van der Waals surface area (Å²) in [5.41, 5.74) is -0.978. The van der Waals surface area contributed by atoms with Gasteiger partial charge in [0.25, 0.3) is 0 Å². The molecular weight excluding hydrogens is 250 g/mol. The van der Waals surface area contributed by atoms with E-state index in [2.05, 4.69) is 0 Å². The molecule has 0 unspecified atom stereocenters. The number of carboxylic acids is 1. The van der Waals surface area contributed by atoms with Gasteiger partial charge in [0.1, 0.15) is 0 Å². The second-order valence-corrected chi connectivity index (χ2v) is 4.75. The molecular formula is C12H11ClF2O2. The van der Waals surface area contributed by atoms with E-state index < -0.39 is 23.0 Å². The molecule has 2 rings (SSSR count). The van der Waals surface area contributed by atoms with Crippen LogP contribution in [0.4, 0.5) is 8.78 Å². The maximum Gasteiger partial charge on any atom is 0.314 e. The Morgan fingerprint density at radius 2 is 1.76 bits per heavy atom. The first kappa shape index (κ1) is 12.3. The molecule has 0 amide bonds. The zero-order valence-corrected chi connectivity index (χ0v) is 9.73.